The lowest BCUT2D eigenvalue weighted by Gasteiger charge is -2.25. The fourth-order valence-corrected chi connectivity index (χ4v) is 5.05. The fraction of sp³-hybridized carbons (Fsp3) is 0.412. The number of hydrogen-bond acceptors (Lipinski definition) is 6. The van der Waals surface area contributed by atoms with E-state index in [9.17, 15) is 9.59 Å². The molecule has 0 fully saturated rings. The number of nitrogens with one attached hydrogen (secondary N) is 1. The summed E-state index contributed by atoms with van der Waals surface area (Å²) < 4.78 is 5.78. The van der Waals surface area contributed by atoms with Crippen LogP contribution in [0.3, 0.4) is 0 Å². The highest BCUT2D eigenvalue weighted by molar-refractivity contribution is 7.18. The van der Waals surface area contributed by atoms with Gasteiger partial charge in [0.15, 0.2) is 0 Å². The number of amides is 1. The topological polar surface area (TPSA) is 58.6 Å². The van der Waals surface area contributed by atoms with Gasteiger partial charge in [-0.3, -0.25) is 9.69 Å². The molecule has 0 aromatic carbocycles. The molecule has 26 heavy (non-hydrogen) atoms. The number of fused-ring (bicyclic) bond motifs is 1. The summed E-state index contributed by atoms with van der Waals surface area (Å²) in [5.41, 5.74) is 1.52. The Morgan fingerprint density at radius 3 is 2.69 bits per heavy atom. The van der Waals surface area contributed by atoms with Gasteiger partial charge in [-0.1, -0.05) is 18.5 Å². The van der Waals surface area contributed by atoms with Crippen LogP contribution in [0, 0.1) is 0 Å². The zero-order valence-electron chi connectivity index (χ0n) is 14.5. The van der Waals surface area contributed by atoms with E-state index in [4.69, 9.17) is 16.3 Å². The van der Waals surface area contributed by atoms with Crippen LogP contribution in [0.4, 0.5) is 5.00 Å². The molecule has 0 unspecified atom stereocenters. The van der Waals surface area contributed by atoms with Gasteiger partial charge in [-0.15, -0.1) is 35.1 Å². The van der Waals surface area contributed by atoms with Crippen LogP contribution in [0.2, 0.25) is 4.34 Å². The second kappa shape index (κ2) is 9.19. The maximum Gasteiger partial charge on any atom is 0.341 e. The third-order valence-electron chi connectivity index (χ3n) is 4.09. The number of hydrogen-bond donors (Lipinski definition) is 1. The molecule has 0 spiro atoms. The maximum atomic E-state index is 12.5. The molecule has 9 heteroatoms. The van der Waals surface area contributed by atoms with Crippen LogP contribution in [0.1, 0.15) is 44.3 Å². The van der Waals surface area contributed by atoms with Crippen molar-refractivity contribution < 1.29 is 14.3 Å². The molecule has 2 aromatic rings. The number of nitrogens with zero attached hydrogens (tertiary/aromatic N) is 1. The highest BCUT2D eigenvalue weighted by Gasteiger charge is 2.29. The quantitative estimate of drug-likeness (QED) is 0.693. The van der Waals surface area contributed by atoms with Crippen LogP contribution in [0.15, 0.2) is 12.1 Å². The zero-order chi connectivity index (χ0) is 18.0. The van der Waals surface area contributed by atoms with Gasteiger partial charge in [0.25, 0.3) is 5.91 Å². The summed E-state index contributed by atoms with van der Waals surface area (Å²) in [5, 5.41) is 3.45. The molecule has 0 saturated carbocycles. The lowest BCUT2D eigenvalue weighted by molar-refractivity contribution is 0.0526. The van der Waals surface area contributed by atoms with Gasteiger partial charge < -0.3 is 10.1 Å². The van der Waals surface area contributed by atoms with E-state index in [-0.39, 0.29) is 24.3 Å². The molecule has 1 N–H and O–H groups in total. The number of carbonyl (C=O) groups is 2. The molecule has 0 saturated heterocycles. The third-order valence-corrected chi connectivity index (χ3v) is 6.45. The molecular weight excluding hydrogens is 415 g/mol. The van der Waals surface area contributed by atoms with Crippen molar-refractivity contribution in [1.29, 1.82) is 0 Å². The summed E-state index contributed by atoms with van der Waals surface area (Å²) in [6.07, 6.45) is 0.786. The summed E-state index contributed by atoms with van der Waals surface area (Å²) in [6, 6.07) is 3.37. The van der Waals surface area contributed by atoms with Crippen LogP contribution < -0.4 is 5.32 Å². The molecule has 0 bridgehead atoms. The predicted octanol–water partition coefficient (Wildman–Crippen LogP) is 4.69. The smallest absolute Gasteiger partial charge is 0.341 e. The Morgan fingerprint density at radius 1 is 1.31 bits per heavy atom. The van der Waals surface area contributed by atoms with Gasteiger partial charge in [0.05, 0.1) is 21.4 Å². The van der Waals surface area contributed by atoms with Crippen LogP contribution in [-0.2, 0) is 17.7 Å². The van der Waals surface area contributed by atoms with E-state index in [1.165, 1.54) is 22.7 Å². The fourth-order valence-electron chi connectivity index (χ4n) is 2.83. The first-order chi connectivity index (χ1) is 12.0. The molecule has 1 aliphatic rings. The molecule has 5 nitrogen and oxygen atoms in total. The molecule has 1 aliphatic heterocycles. The standard InChI is InChI=1S/C17H19ClN2O3S2.ClH/c1-3-20-8-7-10-12(9-20)25-16(14(10)17(22)23-4-2)19-15(21)11-5-6-13(18)24-11;/h5-6H,3-4,7-9H2,1-2H3,(H,19,21);1H. The van der Waals surface area contributed by atoms with Crippen molar-refractivity contribution in [2.75, 3.05) is 25.0 Å². The minimum absolute atomic E-state index is 0. The van der Waals surface area contributed by atoms with Crippen molar-refractivity contribution in [2.24, 2.45) is 0 Å². The second-order valence-corrected chi connectivity index (χ2v) is 8.43. The monoisotopic (exact) mass is 434 g/mol. The van der Waals surface area contributed by atoms with E-state index in [1.54, 1.807) is 19.1 Å². The van der Waals surface area contributed by atoms with Gasteiger partial charge in [0, 0.05) is 18.0 Å². The van der Waals surface area contributed by atoms with Crippen molar-refractivity contribution in [3.05, 3.63) is 37.4 Å². The van der Waals surface area contributed by atoms with E-state index in [0.29, 0.717) is 26.4 Å². The zero-order valence-corrected chi connectivity index (χ0v) is 17.7. The van der Waals surface area contributed by atoms with Gasteiger partial charge in [-0.05, 0) is 37.6 Å². The van der Waals surface area contributed by atoms with Gasteiger partial charge >= 0.3 is 5.97 Å². The molecule has 3 heterocycles. The molecule has 0 aliphatic carbocycles. The largest absolute Gasteiger partial charge is 0.462 e. The first kappa shape index (κ1) is 21.2. The van der Waals surface area contributed by atoms with E-state index in [1.807, 2.05) is 0 Å². The molecule has 3 rings (SSSR count). The Bertz CT molecular complexity index is 804. The Kier molecular flexibility index (Phi) is 7.49. The average molecular weight is 435 g/mol. The summed E-state index contributed by atoms with van der Waals surface area (Å²) >= 11 is 8.58. The second-order valence-electron chi connectivity index (χ2n) is 5.61. The lowest BCUT2D eigenvalue weighted by Crippen LogP contribution is -2.30. The average Bonchev–Trinajstić information content (AvgIpc) is 3.17. The number of rotatable bonds is 5. The molecule has 2 aromatic heterocycles. The third kappa shape index (κ3) is 4.40. The Morgan fingerprint density at radius 2 is 2.08 bits per heavy atom. The van der Waals surface area contributed by atoms with Crippen molar-refractivity contribution >= 4 is 63.6 Å². The SMILES string of the molecule is CCOC(=O)c1c(NC(=O)c2ccc(Cl)s2)sc2c1CCN(CC)C2.Cl. The summed E-state index contributed by atoms with van der Waals surface area (Å²) in [4.78, 5) is 28.9. The minimum Gasteiger partial charge on any atom is -0.462 e. The number of ether oxygens (including phenoxy) is 1. The first-order valence-corrected chi connectivity index (χ1v) is 10.1. The van der Waals surface area contributed by atoms with Crippen LogP contribution in [-0.4, -0.2) is 36.5 Å². The van der Waals surface area contributed by atoms with E-state index in [2.05, 4.69) is 17.1 Å². The first-order valence-electron chi connectivity index (χ1n) is 8.14. The number of carbonyl (C=O) groups excluding carboxylic acids is 2. The van der Waals surface area contributed by atoms with E-state index >= 15 is 0 Å². The van der Waals surface area contributed by atoms with E-state index in [0.717, 1.165) is 36.5 Å². The van der Waals surface area contributed by atoms with Gasteiger partial charge in [-0.25, -0.2) is 4.79 Å². The van der Waals surface area contributed by atoms with Gasteiger partial charge in [0.1, 0.15) is 5.00 Å². The van der Waals surface area contributed by atoms with Crippen molar-refractivity contribution in [2.45, 2.75) is 26.8 Å². The lowest BCUT2D eigenvalue weighted by atomic mass is 10.0. The number of thiophene rings is 2. The predicted molar refractivity (Wildman–Crippen MR) is 109 cm³/mol. The van der Waals surface area contributed by atoms with E-state index < -0.39 is 0 Å². The highest BCUT2D eigenvalue weighted by atomic mass is 35.5. The number of esters is 1. The van der Waals surface area contributed by atoms with Crippen molar-refractivity contribution in [3.8, 4) is 0 Å². The summed E-state index contributed by atoms with van der Waals surface area (Å²) in [5.74, 6) is -0.627. The maximum absolute atomic E-state index is 12.5. The van der Waals surface area contributed by atoms with Gasteiger partial charge in [-0.2, -0.15) is 0 Å². The van der Waals surface area contributed by atoms with Crippen molar-refractivity contribution in [1.82, 2.24) is 4.90 Å². The number of anilines is 1. The number of halogens is 2. The van der Waals surface area contributed by atoms with Crippen LogP contribution in [0.25, 0.3) is 0 Å². The summed E-state index contributed by atoms with van der Waals surface area (Å²) in [6.45, 7) is 6.86. The van der Waals surface area contributed by atoms with Crippen molar-refractivity contribution in [3.63, 3.8) is 0 Å². The molecule has 1 amide bonds. The van der Waals surface area contributed by atoms with Crippen LogP contribution >= 0.6 is 46.7 Å². The minimum atomic E-state index is -0.371. The van der Waals surface area contributed by atoms with Gasteiger partial charge in [0.2, 0.25) is 0 Å². The summed E-state index contributed by atoms with van der Waals surface area (Å²) in [7, 11) is 0. The number of likely N-dealkylation sites (N-methyl/N-ethyl adjacent to an activating group) is 1. The molecular formula is C17H20Cl2N2O3S2. The Labute approximate surface area is 171 Å². The Hall–Kier alpha value is -1.12. The molecule has 142 valence electrons. The van der Waals surface area contributed by atoms with Crippen LogP contribution in [0.5, 0.6) is 0 Å². The highest BCUT2D eigenvalue weighted by Crippen LogP contribution is 2.38. The molecule has 0 atom stereocenters. The molecule has 0 radical (unpaired) electrons. The normalized spacial score (nSPS) is 13.7. The Balaban J connectivity index is 0.00000243.